The Morgan fingerprint density at radius 3 is 2.86 bits per heavy atom. The molecule has 4 nitrogen and oxygen atoms in total. The molecule has 74 valence electrons. The molecule has 0 spiro atoms. The van der Waals surface area contributed by atoms with Crippen molar-refractivity contribution in [1.29, 1.82) is 0 Å². The van der Waals surface area contributed by atoms with E-state index >= 15 is 0 Å². The van der Waals surface area contributed by atoms with Crippen LogP contribution in [0.15, 0.2) is 33.5 Å². The summed E-state index contributed by atoms with van der Waals surface area (Å²) in [6.07, 6.45) is 3.45. The molecule has 2 rings (SSSR count). The molecule has 0 aromatic carbocycles. The number of furan rings is 1. The average molecular weight is 256 g/mol. The average Bonchev–Trinajstić information content (AvgIpc) is 2.73. The highest BCUT2D eigenvalue weighted by molar-refractivity contribution is 9.10. The van der Waals surface area contributed by atoms with Crippen molar-refractivity contribution < 1.29 is 4.42 Å². The fourth-order valence-corrected chi connectivity index (χ4v) is 1.71. The molecule has 2 heterocycles. The highest BCUT2D eigenvalue weighted by atomic mass is 79.9. The van der Waals surface area contributed by atoms with Gasteiger partial charge in [0.05, 0.1) is 16.4 Å². The minimum Gasteiger partial charge on any atom is -0.466 e. The molecule has 1 unspecified atom stereocenters. The summed E-state index contributed by atoms with van der Waals surface area (Å²) in [4.78, 5) is 0. The van der Waals surface area contributed by atoms with Gasteiger partial charge in [0.15, 0.2) is 0 Å². The second-order valence-electron chi connectivity index (χ2n) is 3.02. The van der Waals surface area contributed by atoms with Gasteiger partial charge in [0, 0.05) is 13.2 Å². The number of rotatable bonds is 2. The Morgan fingerprint density at radius 1 is 1.57 bits per heavy atom. The molecule has 2 aromatic heterocycles. The zero-order valence-electron chi connectivity index (χ0n) is 7.64. The van der Waals surface area contributed by atoms with Gasteiger partial charge in [-0.2, -0.15) is 5.10 Å². The molecule has 2 aromatic rings. The quantitative estimate of drug-likeness (QED) is 0.891. The summed E-state index contributed by atoms with van der Waals surface area (Å²) in [5, 5.41) is 4.22. The minimum atomic E-state index is -0.319. The van der Waals surface area contributed by atoms with E-state index in [9.17, 15) is 0 Å². The van der Waals surface area contributed by atoms with Crippen molar-refractivity contribution in [2.75, 3.05) is 0 Å². The summed E-state index contributed by atoms with van der Waals surface area (Å²) in [7, 11) is 1.85. The van der Waals surface area contributed by atoms with Crippen LogP contribution in [0.3, 0.4) is 0 Å². The summed E-state index contributed by atoms with van der Waals surface area (Å²) in [6.45, 7) is 0. The van der Waals surface area contributed by atoms with E-state index in [2.05, 4.69) is 21.0 Å². The van der Waals surface area contributed by atoms with E-state index in [-0.39, 0.29) is 6.04 Å². The van der Waals surface area contributed by atoms with Crippen LogP contribution in [0.5, 0.6) is 0 Å². The molecule has 0 radical (unpaired) electrons. The molecule has 0 fully saturated rings. The molecular weight excluding hydrogens is 246 g/mol. The Bertz CT molecular complexity index is 435. The fourth-order valence-electron chi connectivity index (χ4n) is 1.26. The van der Waals surface area contributed by atoms with E-state index in [0.29, 0.717) is 5.76 Å². The number of aromatic nitrogens is 2. The Morgan fingerprint density at radius 2 is 2.36 bits per heavy atom. The Labute approximate surface area is 89.8 Å². The van der Waals surface area contributed by atoms with Gasteiger partial charge in [0.1, 0.15) is 11.8 Å². The molecule has 2 N–H and O–H groups in total. The predicted molar refractivity (Wildman–Crippen MR) is 55.6 cm³/mol. The van der Waals surface area contributed by atoms with E-state index in [1.807, 2.05) is 25.4 Å². The van der Waals surface area contributed by atoms with Gasteiger partial charge >= 0.3 is 0 Å². The first-order valence-electron chi connectivity index (χ1n) is 4.16. The van der Waals surface area contributed by atoms with Crippen LogP contribution < -0.4 is 5.73 Å². The highest BCUT2D eigenvalue weighted by Gasteiger charge is 2.17. The third-order valence-corrected chi connectivity index (χ3v) is 2.64. The maximum absolute atomic E-state index is 5.98. The maximum atomic E-state index is 5.98. The van der Waals surface area contributed by atoms with Crippen LogP contribution in [0, 0.1) is 0 Å². The van der Waals surface area contributed by atoms with E-state index in [1.54, 1.807) is 10.9 Å². The molecule has 0 saturated carbocycles. The molecular formula is C9H10BrN3O. The third kappa shape index (κ3) is 1.60. The zero-order chi connectivity index (χ0) is 10.1. The molecule has 0 aliphatic heterocycles. The van der Waals surface area contributed by atoms with Crippen LogP contribution in [0.1, 0.15) is 17.5 Å². The van der Waals surface area contributed by atoms with E-state index < -0.39 is 0 Å². The topological polar surface area (TPSA) is 57.0 Å². The number of aryl methyl sites for hydroxylation is 1. The first-order valence-corrected chi connectivity index (χ1v) is 4.96. The van der Waals surface area contributed by atoms with Crippen molar-refractivity contribution in [2.45, 2.75) is 6.04 Å². The van der Waals surface area contributed by atoms with E-state index in [1.165, 1.54) is 0 Å². The summed E-state index contributed by atoms with van der Waals surface area (Å²) in [5.41, 5.74) is 6.77. The van der Waals surface area contributed by atoms with Crippen molar-refractivity contribution in [3.8, 4) is 0 Å². The van der Waals surface area contributed by atoms with Crippen molar-refractivity contribution in [1.82, 2.24) is 9.78 Å². The van der Waals surface area contributed by atoms with E-state index in [0.717, 1.165) is 10.2 Å². The normalized spacial score (nSPS) is 13.1. The molecule has 0 aliphatic carbocycles. The zero-order valence-corrected chi connectivity index (χ0v) is 9.23. The van der Waals surface area contributed by atoms with Crippen molar-refractivity contribution in [3.63, 3.8) is 0 Å². The summed E-state index contributed by atoms with van der Waals surface area (Å²) >= 11 is 3.36. The largest absolute Gasteiger partial charge is 0.466 e. The lowest BCUT2D eigenvalue weighted by Gasteiger charge is -2.05. The standard InChI is InChI=1S/C9H10BrN3O/c1-13-4-2-7(12-13)8(11)9-6(10)3-5-14-9/h2-5,8H,11H2,1H3. The lowest BCUT2D eigenvalue weighted by Crippen LogP contribution is -2.12. The lowest BCUT2D eigenvalue weighted by atomic mass is 10.2. The molecule has 0 amide bonds. The number of hydrogen-bond donors (Lipinski definition) is 1. The number of nitrogens with two attached hydrogens (primary N) is 1. The SMILES string of the molecule is Cn1ccc(C(N)c2occc2Br)n1. The van der Waals surface area contributed by atoms with Gasteiger partial charge in [-0.3, -0.25) is 4.68 Å². The molecule has 0 saturated heterocycles. The molecule has 0 bridgehead atoms. The minimum absolute atomic E-state index is 0.319. The highest BCUT2D eigenvalue weighted by Crippen LogP contribution is 2.26. The molecule has 1 atom stereocenters. The van der Waals surface area contributed by atoms with Gasteiger partial charge in [0.25, 0.3) is 0 Å². The predicted octanol–water partition coefficient (Wildman–Crippen LogP) is 1.82. The van der Waals surface area contributed by atoms with Gasteiger partial charge < -0.3 is 10.2 Å². The van der Waals surface area contributed by atoms with Gasteiger partial charge in [-0.1, -0.05) is 0 Å². The van der Waals surface area contributed by atoms with Crippen molar-refractivity contribution >= 4 is 15.9 Å². The summed E-state index contributed by atoms with van der Waals surface area (Å²) in [6, 6.07) is 3.37. The van der Waals surface area contributed by atoms with Crippen LogP contribution in [-0.2, 0) is 7.05 Å². The smallest absolute Gasteiger partial charge is 0.140 e. The van der Waals surface area contributed by atoms with Gasteiger partial charge in [-0.25, -0.2) is 0 Å². The van der Waals surface area contributed by atoms with Crippen LogP contribution >= 0.6 is 15.9 Å². The third-order valence-electron chi connectivity index (χ3n) is 1.98. The molecule has 5 heteroatoms. The van der Waals surface area contributed by atoms with E-state index in [4.69, 9.17) is 10.2 Å². The van der Waals surface area contributed by atoms with Gasteiger partial charge in [0.2, 0.25) is 0 Å². The number of nitrogens with zero attached hydrogens (tertiary/aromatic N) is 2. The van der Waals surface area contributed by atoms with Crippen LogP contribution in [0.2, 0.25) is 0 Å². The van der Waals surface area contributed by atoms with Crippen molar-refractivity contribution in [2.24, 2.45) is 12.8 Å². The first-order chi connectivity index (χ1) is 6.68. The second-order valence-corrected chi connectivity index (χ2v) is 3.88. The lowest BCUT2D eigenvalue weighted by molar-refractivity contribution is 0.482. The summed E-state index contributed by atoms with van der Waals surface area (Å²) in [5.74, 6) is 0.698. The Balaban J connectivity index is 2.33. The van der Waals surface area contributed by atoms with Gasteiger partial charge in [-0.05, 0) is 28.1 Å². The summed E-state index contributed by atoms with van der Waals surface area (Å²) < 4.78 is 7.85. The maximum Gasteiger partial charge on any atom is 0.140 e. The fraction of sp³-hybridized carbons (Fsp3) is 0.222. The van der Waals surface area contributed by atoms with Crippen LogP contribution in [0.4, 0.5) is 0 Å². The number of hydrogen-bond acceptors (Lipinski definition) is 3. The second kappa shape index (κ2) is 3.59. The Kier molecular flexibility index (Phi) is 2.43. The molecule has 14 heavy (non-hydrogen) atoms. The van der Waals surface area contributed by atoms with Gasteiger partial charge in [-0.15, -0.1) is 0 Å². The Hall–Kier alpha value is -1.07. The monoisotopic (exact) mass is 255 g/mol. The first kappa shape index (κ1) is 9.48. The molecule has 0 aliphatic rings. The van der Waals surface area contributed by atoms with Crippen LogP contribution in [-0.4, -0.2) is 9.78 Å². The number of halogens is 1. The van der Waals surface area contributed by atoms with Crippen LogP contribution in [0.25, 0.3) is 0 Å². The van der Waals surface area contributed by atoms with Crippen molar-refractivity contribution in [3.05, 3.63) is 40.5 Å².